The van der Waals surface area contributed by atoms with E-state index in [1.165, 1.54) is 19.4 Å². The van der Waals surface area contributed by atoms with E-state index < -0.39 is 0 Å². The van der Waals surface area contributed by atoms with Gasteiger partial charge in [-0.2, -0.15) is 0 Å². The molecule has 82 valence electrons. The van der Waals surface area contributed by atoms with E-state index in [1.807, 2.05) is 7.05 Å². The van der Waals surface area contributed by atoms with E-state index in [9.17, 15) is 4.79 Å². The van der Waals surface area contributed by atoms with Crippen molar-refractivity contribution in [2.45, 2.75) is 26.2 Å². The maximum atomic E-state index is 10.9. The molecule has 0 aromatic carbocycles. The second-order valence-electron chi connectivity index (χ2n) is 4.32. The summed E-state index contributed by atoms with van der Waals surface area (Å²) in [5.74, 6) is 1.08. The van der Waals surface area contributed by atoms with Crippen molar-refractivity contribution in [2.75, 3.05) is 33.2 Å². The minimum Gasteiger partial charge on any atom is -0.319 e. The fourth-order valence-corrected chi connectivity index (χ4v) is 2.13. The Hall–Kier alpha value is -0.410. The number of hydrogen-bond acceptors (Lipinski definition) is 3. The van der Waals surface area contributed by atoms with Crippen molar-refractivity contribution in [2.24, 2.45) is 5.92 Å². The van der Waals surface area contributed by atoms with E-state index in [1.54, 1.807) is 6.92 Å². The number of rotatable bonds is 5. The standard InChI is InChI=1S/C11H22N2O/c1-10(14)5-7-13-6-3-4-11(9-13)8-12-2/h11-12H,3-9H2,1-2H3. The van der Waals surface area contributed by atoms with Crippen LogP contribution >= 0.6 is 0 Å². The third-order valence-corrected chi connectivity index (χ3v) is 2.88. The third kappa shape index (κ3) is 4.20. The SMILES string of the molecule is CNCC1CCCN(CCC(C)=O)C1. The van der Waals surface area contributed by atoms with Gasteiger partial charge in [-0.05, 0) is 45.8 Å². The lowest BCUT2D eigenvalue weighted by atomic mass is 9.98. The normalized spacial score (nSPS) is 23.7. The molecule has 1 aliphatic rings. The summed E-state index contributed by atoms with van der Waals surface area (Å²) in [6.07, 6.45) is 3.33. The van der Waals surface area contributed by atoms with Crippen LogP contribution in [0.5, 0.6) is 0 Å². The van der Waals surface area contributed by atoms with Crippen molar-refractivity contribution in [3.63, 3.8) is 0 Å². The Kier molecular flexibility index (Phi) is 5.12. The van der Waals surface area contributed by atoms with Crippen molar-refractivity contribution in [1.82, 2.24) is 10.2 Å². The van der Waals surface area contributed by atoms with Crippen molar-refractivity contribution in [3.8, 4) is 0 Å². The topological polar surface area (TPSA) is 32.3 Å². The van der Waals surface area contributed by atoms with Crippen LogP contribution in [-0.2, 0) is 4.79 Å². The van der Waals surface area contributed by atoms with E-state index in [2.05, 4.69) is 10.2 Å². The summed E-state index contributed by atoms with van der Waals surface area (Å²) in [6, 6.07) is 0. The highest BCUT2D eigenvalue weighted by Crippen LogP contribution is 2.15. The zero-order valence-corrected chi connectivity index (χ0v) is 9.38. The number of carbonyl (C=O) groups excluding carboxylic acids is 1. The highest BCUT2D eigenvalue weighted by Gasteiger charge is 2.18. The Bertz CT molecular complexity index is 180. The van der Waals surface area contributed by atoms with E-state index >= 15 is 0 Å². The molecule has 0 bridgehead atoms. The highest BCUT2D eigenvalue weighted by molar-refractivity contribution is 5.75. The van der Waals surface area contributed by atoms with E-state index in [0.717, 1.165) is 25.6 Å². The molecular formula is C11H22N2O. The van der Waals surface area contributed by atoms with Crippen molar-refractivity contribution < 1.29 is 4.79 Å². The second kappa shape index (κ2) is 6.14. The Balaban J connectivity index is 2.21. The zero-order chi connectivity index (χ0) is 10.4. The summed E-state index contributed by atoms with van der Waals surface area (Å²) < 4.78 is 0. The molecule has 0 aromatic rings. The molecule has 3 heteroatoms. The molecule has 3 nitrogen and oxygen atoms in total. The molecule has 1 aliphatic heterocycles. The van der Waals surface area contributed by atoms with Crippen LogP contribution < -0.4 is 5.32 Å². The Labute approximate surface area is 86.9 Å². The predicted octanol–water partition coefficient (Wildman–Crippen LogP) is 0.897. The molecule has 1 atom stereocenters. The van der Waals surface area contributed by atoms with Crippen LogP contribution in [0.3, 0.4) is 0 Å². The van der Waals surface area contributed by atoms with Crippen LogP contribution in [0.15, 0.2) is 0 Å². The number of ketones is 1. The molecular weight excluding hydrogens is 176 g/mol. The van der Waals surface area contributed by atoms with E-state index in [4.69, 9.17) is 0 Å². The average molecular weight is 198 g/mol. The van der Waals surface area contributed by atoms with Gasteiger partial charge in [-0.15, -0.1) is 0 Å². The van der Waals surface area contributed by atoms with E-state index in [-0.39, 0.29) is 0 Å². The molecule has 1 N–H and O–H groups in total. The molecule has 0 spiro atoms. The van der Waals surface area contributed by atoms with Gasteiger partial charge in [0.25, 0.3) is 0 Å². The number of Topliss-reactive ketones (excluding diaryl/α,β-unsaturated/α-hetero) is 1. The molecule has 0 amide bonds. The number of nitrogens with one attached hydrogen (secondary N) is 1. The van der Waals surface area contributed by atoms with Gasteiger partial charge in [0.15, 0.2) is 0 Å². The number of carbonyl (C=O) groups is 1. The second-order valence-corrected chi connectivity index (χ2v) is 4.32. The molecule has 0 aliphatic carbocycles. The summed E-state index contributed by atoms with van der Waals surface area (Å²) in [4.78, 5) is 13.3. The lowest BCUT2D eigenvalue weighted by Gasteiger charge is -2.32. The fraction of sp³-hybridized carbons (Fsp3) is 0.909. The van der Waals surface area contributed by atoms with Crippen LogP contribution in [0.2, 0.25) is 0 Å². The molecule has 0 radical (unpaired) electrons. The van der Waals surface area contributed by atoms with Gasteiger partial charge in [0, 0.05) is 19.5 Å². The summed E-state index contributed by atoms with van der Waals surface area (Å²) in [5, 5.41) is 3.23. The number of hydrogen-bond donors (Lipinski definition) is 1. The summed E-state index contributed by atoms with van der Waals surface area (Å²) >= 11 is 0. The first kappa shape index (κ1) is 11.7. The van der Waals surface area contributed by atoms with Crippen LogP contribution in [0, 0.1) is 5.92 Å². The molecule has 14 heavy (non-hydrogen) atoms. The number of nitrogens with zero attached hydrogens (tertiary/aromatic N) is 1. The molecule has 0 aromatic heterocycles. The first-order valence-corrected chi connectivity index (χ1v) is 5.58. The van der Waals surface area contributed by atoms with Gasteiger partial charge in [-0.25, -0.2) is 0 Å². The van der Waals surface area contributed by atoms with Crippen molar-refractivity contribution in [1.29, 1.82) is 0 Å². The van der Waals surface area contributed by atoms with Gasteiger partial charge in [0.1, 0.15) is 5.78 Å². The average Bonchev–Trinajstić information content (AvgIpc) is 2.16. The molecule has 1 saturated heterocycles. The zero-order valence-electron chi connectivity index (χ0n) is 9.38. The van der Waals surface area contributed by atoms with Crippen LogP contribution in [0.1, 0.15) is 26.2 Å². The Morgan fingerprint density at radius 3 is 3.00 bits per heavy atom. The van der Waals surface area contributed by atoms with E-state index in [0.29, 0.717) is 12.2 Å². The molecule has 0 saturated carbocycles. The number of piperidine rings is 1. The summed E-state index contributed by atoms with van der Waals surface area (Å²) in [6.45, 7) is 6.07. The lowest BCUT2D eigenvalue weighted by molar-refractivity contribution is -0.117. The first-order chi connectivity index (χ1) is 6.72. The van der Waals surface area contributed by atoms with Crippen LogP contribution in [0.4, 0.5) is 0 Å². The van der Waals surface area contributed by atoms with Gasteiger partial charge in [-0.1, -0.05) is 0 Å². The molecule has 1 fully saturated rings. The van der Waals surface area contributed by atoms with Gasteiger partial charge < -0.3 is 10.2 Å². The maximum Gasteiger partial charge on any atom is 0.131 e. The van der Waals surface area contributed by atoms with Crippen molar-refractivity contribution >= 4 is 5.78 Å². The maximum absolute atomic E-state index is 10.9. The fourth-order valence-electron chi connectivity index (χ4n) is 2.13. The van der Waals surface area contributed by atoms with Crippen LogP contribution in [0.25, 0.3) is 0 Å². The smallest absolute Gasteiger partial charge is 0.131 e. The third-order valence-electron chi connectivity index (χ3n) is 2.88. The quantitative estimate of drug-likeness (QED) is 0.712. The monoisotopic (exact) mass is 198 g/mol. The largest absolute Gasteiger partial charge is 0.319 e. The lowest BCUT2D eigenvalue weighted by Crippen LogP contribution is -2.39. The minimum absolute atomic E-state index is 0.306. The molecule has 1 rings (SSSR count). The summed E-state index contributed by atoms with van der Waals surface area (Å²) in [7, 11) is 2.01. The Morgan fingerprint density at radius 1 is 1.57 bits per heavy atom. The molecule has 1 heterocycles. The summed E-state index contributed by atoms with van der Waals surface area (Å²) in [5.41, 5.74) is 0. The van der Waals surface area contributed by atoms with Crippen LogP contribution in [-0.4, -0.2) is 43.9 Å². The first-order valence-electron chi connectivity index (χ1n) is 5.58. The highest BCUT2D eigenvalue weighted by atomic mass is 16.1. The van der Waals surface area contributed by atoms with Gasteiger partial charge in [-0.3, -0.25) is 4.79 Å². The molecule has 1 unspecified atom stereocenters. The predicted molar refractivity (Wildman–Crippen MR) is 58.4 cm³/mol. The van der Waals surface area contributed by atoms with Gasteiger partial charge in [0.2, 0.25) is 0 Å². The van der Waals surface area contributed by atoms with Gasteiger partial charge >= 0.3 is 0 Å². The Morgan fingerprint density at radius 2 is 2.36 bits per heavy atom. The van der Waals surface area contributed by atoms with Gasteiger partial charge in [0.05, 0.1) is 0 Å². The number of likely N-dealkylation sites (tertiary alicyclic amines) is 1. The minimum atomic E-state index is 0.306. The van der Waals surface area contributed by atoms with Crippen molar-refractivity contribution in [3.05, 3.63) is 0 Å².